The van der Waals surface area contributed by atoms with Gasteiger partial charge in [-0.05, 0) is 25.5 Å². The zero-order valence-corrected chi connectivity index (χ0v) is 14.4. The maximum absolute atomic E-state index is 4.57. The van der Waals surface area contributed by atoms with Crippen LogP contribution in [0.5, 0.6) is 0 Å². The Hall–Kier alpha value is -1.99. The van der Waals surface area contributed by atoms with Crippen molar-refractivity contribution in [2.75, 3.05) is 17.6 Å². The van der Waals surface area contributed by atoms with Gasteiger partial charge < -0.3 is 5.32 Å². The molecule has 0 radical (unpaired) electrons. The highest BCUT2D eigenvalue weighted by Gasteiger charge is 2.05. The Morgan fingerprint density at radius 2 is 2.22 bits per heavy atom. The van der Waals surface area contributed by atoms with E-state index in [-0.39, 0.29) is 0 Å². The summed E-state index contributed by atoms with van der Waals surface area (Å²) in [6, 6.07) is 5.83. The number of hydrogen-bond donors (Lipinski definition) is 1. The molecule has 0 bridgehead atoms. The number of hydrogen-bond acceptors (Lipinski definition) is 7. The average molecular weight is 343 g/mol. The van der Waals surface area contributed by atoms with Crippen LogP contribution in [0.4, 0.5) is 5.82 Å². The maximum Gasteiger partial charge on any atom is 0.163 e. The van der Waals surface area contributed by atoms with E-state index in [4.69, 9.17) is 0 Å². The maximum atomic E-state index is 4.57. The second kappa shape index (κ2) is 8.03. The highest BCUT2D eigenvalue weighted by Crippen LogP contribution is 2.21. The Labute approximate surface area is 143 Å². The topological polar surface area (TPSA) is 63.6 Å². The highest BCUT2D eigenvalue weighted by atomic mass is 32.2. The minimum absolute atomic E-state index is 0.706. The summed E-state index contributed by atoms with van der Waals surface area (Å²) in [5.41, 5.74) is 1.87. The molecule has 3 rings (SSSR count). The van der Waals surface area contributed by atoms with Gasteiger partial charge in [-0.1, -0.05) is 11.8 Å². The Morgan fingerprint density at radius 1 is 1.26 bits per heavy atom. The van der Waals surface area contributed by atoms with Gasteiger partial charge in [-0.15, -0.1) is 11.3 Å². The molecular formula is C16H17N5S2. The monoisotopic (exact) mass is 343 g/mol. The molecule has 3 aromatic heterocycles. The number of nitrogens with one attached hydrogen (secondary N) is 1. The number of pyridine rings is 1. The number of aromatic nitrogens is 4. The molecule has 0 saturated carbocycles. The van der Waals surface area contributed by atoms with Crippen molar-refractivity contribution in [3.63, 3.8) is 0 Å². The Kier molecular flexibility index (Phi) is 5.55. The fourth-order valence-electron chi connectivity index (χ4n) is 2.01. The van der Waals surface area contributed by atoms with Gasteiger partial charge in [-0.2, -0.15) is 0 Å². The van der Waals surface area contributed by atoms with Crippen molar-refractivity contribution in [3.8, 4) is 11.4 Å². The highest BCUT2D eigenvalue weighted by molar-refractivity contribution is 8.00. The van der Waals surface area contributed by atoms with Gasteiger partial charge in [-0.3, -0.25) is 4.98 Å². The van der Waals surface area contributed by atoms with Crippen molar-refractivity contribution in [1.29, 1.82) is 0 Å². The molecule has 0 aromatic carbocycles. The summed E-state index contributed by atoms with van der Waals surface area (Å²) in [5, 5.41) is 5.38. The van der Waals surface area contributed by atoms with E-state index in [9.17, 15) is 0 Å². The number of aryl methyl sites for hydroxylation is 1. The quantitative estimate of drug-likeness (QED) is 0.518. The van der Waals surface area contributed by atoms with Crippen molar-refractivity contribution < 1.29 is 0 Å². The fraction of sp³-hybridized carbons (Fsp3) is 0.250. The summed E-state index contributed by atoms with van der Waals surface area (Å²) in [4.78, 5) is 17.4. The lowest BCUT2D eigenvalue weighted by atomic mass is 10.2. The zero-order chi connectivity index (χ0) is 15.9. The van der Waals surface area contributed by atoms with E-state index in [1.807, 2.05) is 36.7 Å². The standard InChI is InChI=1S/C16H17N5S2/c1-12-10-14(18-6-3-8-22-16-19-7-9-23-16)21-15(20-12)13-4-2-5-17-11-13/h2,4-5,7,9-11H,3,6,8H2,1H3,(H,18,20,21). The molecule has 0 amide bonds. The molecule has 0 aliphatic carbocycles. The number of anilines is 1. The van der Waals surface area contributed by atoms with E-state index in [0.717, 1.165) is 40.1 Å². The summed E-state index contributed by atoms with van der Waals surface area (Å²) in [5.74, 6) is 2.61. The molecule has 118 valence electrons. The van der Waals surface area contributed by atoms with Crippen LogP contribution < -0.4 is 5.32 Å². The summed E-state index contributed by atoms with van der Waals surface area (Å²) in [6.45, 7) is 2.85. The molecule has 7 heteroatoms. The van der Waals surface area contributed by atoms with E-state index < -0.39 is 0 Å². The van der Waals surface area contributed by atoms with Crippen LogP contribution in [0.2, 0.25) is 0 Å². The second-order valence-corrected chi connectivity index (χ2v) is 7.12. The van der Waals surface area contributed by atoms with Gasteiger partial charge in [0.15, 0.2) is 5.82 Å². The third kappa shape index (κ3) is 4.74. The van der Waals surface area contributed by atoms with Crippen molar-refractivity contribution >= 4 is 28.9 Å². The van der Waals surface area contributed by atoms with Gasteiger partial charge in [0.05, 0.1) is 0 Å². The van der Waals surface area contributed by atoms with Crippen molar-refractivity contribution in [3.05, 3.63) is 47.9 Å². The molecule has 3 aromatic rings. The molecule has 0 saturated heterocycles. The minimum Gasteiger partial charge on any atom is -0.370 e. The largest absolute Gasteiger partial charge is 0.370 e. The van der Waals surface area contributed by atoms with Gasteiger partial charge in [0.2, 0.25) is 0 Å². The predicted molar refractivity (Wildman–Crippen MR) is 95.9 cm³/mol. The lowest BCUT2D eigenvalue weighted by Crippen LogP contribution is -2.06. The number of thiazole rings is 1. The van der Waals surface area contributed by atoms with Crippen molar-refractivity contribution in [1.82, 2.24) is 19.9 Å². The van der Waals surface area contributed by atoms with Crippen LogP contribution in [-0.2, 0) is 0 Å². The Morgan fingerprint density at radius 3 is 3.00 bits per heavy atom. The molecule has 23 heavy (non-hydrogen) atoms. The first-order valence-electron chi connectivity index (χ1n) is 7.33. The van der Waals surface area contributed by atoms with Crippen LogP contribution >= 0.6 is 23.1 Å². The van der Waals surface area contributed by atoms with Gasteiger partial charge >= 0.3 is 0 Å². The zero-order valence-electron chi connectivity index (χ0n) is 12.8. The molecule has 1 N–H and O–H groups in total. The van der Waals surface area contributed by atoms with E-state index >= 15 is 0 Å². The van der Waals surface area contributed by atoms with Gasteiger partial charge in [0.25, 0.3) is 0 Å². The normalized spacial score (nSPS) is 10.7. The summed E-state index contributed by atoms with van der Waals surface area (Å²) in [7, 11) is 0. The molecule has 0 fully saturated rings. The van der Waals surface area contributed by atoms with Crippen LogP contribution in [0.1, 0.15) is 12.1 Å². The summed E-state index contributed by atoms with van der Waals surface area (Å²) >= 11 is 3.48. The number of thioether (sulfide) groups is 1. The third-order valence-electron chi connectivity index (χ3n) is 3.04. The molecule has 0 spiro atoms. The number of nitrogens with zero attached hydrogens (tertiary/aromatic N) is 4. The molecule has 0 atom stereocenters. The lowest BCUT2D eigenvalue weighted by molar-refractivity contribution is 0.971. The molecule has 0 aliphatic heterocycles. The van der Waals surface area contributed by atoms with Gasteiger partial charge in [-0.25, -0.2) is 15.0 Å². The first kappa shape index (κ1) is 15.9. The van der Waals surface area contributed by atoms with E-state index in [2.05, 4.69) is 25.3 Å². The van der Waals surface area contributed by atoms with Crippen LogP contribution in [-0.4, -0.2) is 32.2 Å². The SMILES string of the molecule is Cc1cc(NCCCSc2nccs2)nc(-c2cccnc2)n1. The second-order valence-electron chi connectivity index (χ2n) is 4.89. The van der Waals surface area contributed by atoms with Gasteiger partial charge in [0.1, 0.15) is 10.2 Å². The smallest absolute Gasteiger partial charge is 0.163 e. The van der Waals surface area contributed by atoms with Gasteiger partial charge in [0, 0.05) is 53.6 Å². The predicted octanol–water partition coefficient (Wildman–Crippen LogP) is 3.90. The molecular weight excluding hydrogens is 326 g/mol. The molecule has 3 heterocycles. The van der Waals surface area contributed by atoms with E-state index in [1.54, 1.807) is 35.5 Å². The van der Waals surface area contributed by atoms with E-state index in [1.165, 1.54) is 0 Å². The third-order valence-corrected chi connectivity index (χ3v) is 5.09. The van der Waals surface area contributed by atoms with Crippen molar-refractivity contribution in [2.45, 2.75) is 17.7 Å². The van der Waals surface area contributed by atoms with Crippen LogP contribution in [0.15, 0.2) is 46.5 Å². The fourth-order valence-corrected chi connectivity index (χ4v) is 3.66. The van der Waals surface area contributed by atoms with Crippen LogP contribution in [0.25, 0.3) is 11.4 Å². The Bertz CT molecular complexity index is 731. The average Bonchev–Trinajstić information content (AvgIpc) is 3.08. The summed E-state index contributed by atoms with van der Waals surface area (Å²) < 4.78 is 1.13. The summed E-state index contributed by atoms with van der Waals surface area (Å²) in [6.07, 6.45) is 6.42. The van der Waals surface area contributed by atoms with Crippen LogP contribution in [0.3, 0.4) is 0 Å². The first-order chi connectivity index (χ1) is 11.3. The first-order valence-corrected chi connectivity index (χ1v) is 9.20. The number of rotatable bonds is 7. The lowest BCUT2D eigenvalue weighted by Gasteiger charge is -2.08. The minimum atomic E-state index is 0.706. The Balaban J connectivity index is 1.54. The van der Waals surface area contributed by atoms with Crippen molar-refractivity contribution in [2.24, 2.45) is 0 Å². The molecule has 0 unspecified atom stereocenters. The van der Waals surface area contributed by atoms with E-state index in [0.29, 0.717) is 5.82 Å². The molecule has 5 nitrogen and oxygen atoms in total. The van der Waals surface area contributed by atoms with Crippen LogP contribution in [0, 0.1) is 6.92 Å². The molecule has 0 aliphatic rings.